The lowest BCUT2D eigenvalue weighted by atomic mass is 10.1. The molecule has 1 aliphatic rings. The minimum atomic E-state index is 0.774. The highest BCUT2D eigenvalue weighted by molar-refractivity contribution is 8.29. The Morgan fingerprint density at radius 3 is 2.78 bits per heavy atom. The van der Waals surface area contributed by atoms with E-state index in [-0.39, 0.29) is 0 Å². The Morgan fingerprint density at radius 1 is 1.11 bits per heavy atom. The molecule has 88 valence electrons. The number of nitrogens with zero attached hydrogens (tertiary/aromatic N) is 1. The van der Waals surface area contributed by atoms with Crippen LogP contribution in [0.3, 0.4) is 0 Å². The van der Waals surface area contributed by atoms with Crippen molar-refractivity contribution in [1.82, 2.24) is 4.98 Å². The molecule has 0 aliphatic carbocycles. The van der Waals surface area contributed by atoms with Gasteiger partial charge in [-0.1, -0.05) is 48.2 Å². The Bertz CT molecular complexity index is 621. The van der Waals surface area contributed by atoms with Crippen molar-refractivity contribution in [2.75, 3.05) is 5.32 Å². The second kappa shape index (κ2) is 4.92. The summed E-state index contributed by atoms with van der Waals surface area (Å²) in [6.45, 7) is 0. The largest absolute Gasteiger partial charge is 0.340 e. The maximum absolute atomic E-state index is 5.27. The van der Waals surface area contributed by atoms with E-state index >= 15 is 0 Å². The van der Waals surface area contributed by atoms with Crippen LogP contribution in [0.15, 0.2) is 48.7 Å². The summed E-state index contributed by atoms with van der Waals surface area (Å²) in [5.74, 6) is 0. The number of para-hydroxylation sites is 1. The second-order valence-electron chi connectivity index (χ2n) is 3.82. The van der Waals surface area contributed by atoms with Gasteiger partial charge in [-0.2, -0.15) is 0 Å². The van der Waals surface area contributed by atoms with Crippen molar-refractivity contribution in [3.63, 3.8) is 0 Å². The zero-order valence-electron chi connectivity index (χ0n) is 9.46. The zero-order valence-corrected chi connectivity index (χ0v) is 11.1. The van der Waals surface area contributed by atoms with E-state index in [0.29, 0.717) is 0 Å². The van der Waals surface area contributed by atoms with Gasteiger partial charge >= 0.3 is 0 Å². The first kappa shape index (κ1) is 11.4. The third kappa shape index (κ3) is 2.30. The molecule has 1 aromatic heterocycles. The molecule has 0 bridgehead atoms. The van der Waals surface area contributed by atoms with Crippen LogP contribution in [0.5, 0.6) is 0 Å². The average Bonchev–Trinajstić information content (AvgIpc) is 2.40. The monoisotopic (exact) mass is 270 g/mol. The van der Waals surface area contributed by atoms with Crippen LogP contribution in [0.1, 0.15) is 11.3 Å². The number of fused-ring (bicyclic) bond motifs is 1. The Labute approximate surface area is 115 Å². The third-order valence-corrected chi connectivity index (χ3v) is 3.80. The van der Waals surface area contributed by atoms with E-state index in [1.807, 2.05) is 36.4 Å². The minimum Gasteiger partial charge on any atom is -0.340 e. The fourth-order valence-corrected chi connectivity index (χ4v) is 3.01. The normalized spacial score (nSPS) is 16.2. The number of hydrogen-bond acceptors (Lipinski definition) is 3. The van der Waals surface area contributed by atoms with Crippen molar-refractivity contribution in [1.29, 1.82) is 0 Å². The number of benzene rings is 1. The van der Waals surface area contributed by atoms with E-state index in [9.17, 15) is 0 Å². The van der Waals surface area contributed by atoms with Crippen LogP contribution in [-0.4, -0.2) is 9.30 Å². The molecule has 0 atom stereocenters. The van der Waals surface area contributed by atoms with Gasteiger partial charge in [-0.3, -0.25) is 4.98 Å². The molecule has 4 heteroatoms. The van der Waals surface area contributed by atoms with E-state index in [2.05, 4.69) is 22.4 Å². The fourth-order valence-electron chi connectivity index (χ4n) is 1.80. The van der Waals surface area contributed by atoms with Crippen LogP contribution in [0.4, 0.5) is 5.69 Å². The highest BCUT2D eigenvalue weighted by Gasteiger charge is 2.17. The van der Waals surface area contributed by atoms with Gasteiger partial charge in [0, 0.05) is 22.4 Å². The van der Waals surface area contributed by atoms with E-state index in [4.69, 9.17) is 12.2 Å². The number of hydrogen-bond donors (Lipinski definition) is 1. The Hall–Kier alpha value is -1.65. The van der Waals surface area contributed by atoms with Crippen LogP contribution in [0.25, 0.3) is 11.0 Å². The van der Waals surface area contributed by atoms with Gasteiger partial charge in [-0.15, -0.1) is 0 Å². The molecule has 1 aromatic carbocycles. The average molecular weight is 270 g/mol. The molecule has 18 heavy (non-hydrogen) atoms. The second-order valence-corrected chi connectivity index (χ2v) is 5.54. The highest BCUT2D eigenvalue weighted by atomic mass is 32.2. The van der Waals surface area contributed by atoms with Crippen LogP contribution in [-0.2, 0) is 0 Å². The van der Waals surface area contributed by atoms with E-state index in [1.54, 1.807) is 18.0 Å². The van der Waals surface area contributed by atoms with Gasteiger partial charge < -0.3 is 5.32 Å². The lowest BCUT2D eigenvalue weighted by molar-refractivity contribution is 1.30. The van der Waals surface area contributed by atoms with Gasteiger partial charge in [-0.25, -0.2) is 0 Å². The number of rotatable bonds is 1. The standard InChI is InChI=1S/C14H10N2S2/c17-14-16-12-7-2-1-6-11(12)13(18-14)9-10-5-3-4-8-15-10/h1-9H,(H,16,17)/b13-9-. The Kier molecular flexibility index (Phi) is 3.13. The lowest BCUT2D eigenvalue weighted by Gasteiger charge is -2.20. The number of thiocarbonyl (C=S) groups is 1. The first-order chi connectivity index (χ1) is 8.83. The molecule has 3 rings (SSSR count). The summed E-state index contributed by atoms with van der Waals surface area (Å²) in [4.78, 5) is 5.45. The molecular weight excluding hydrogens is 260 g/mol. The van der Waals surface area contributed by atoms with Crippen molar-refractivity contribution in [3.8, 4) is 0 Å². The molecule has 0 spiro atoms. The first-order valence-electron chi connectivity index (χ1n) is 5.54. The predicted molar refractivity (Wildman–Crippen MR) is 82.4 cm³/mol. The number of nitrogens with one attached hydrogen (secondary N) is 1. The van der Waals surface area contributed by atoms with Crippen LogP contribution in [0.2, 0.25) is 0 Å². The quantitative estimate of drug-likeness (QED) is 0.791. The summed E-state index contributed by atoms with van der Waals surface area (Å²) in [7, 11) is 0. The molecule has 0 unspecified atom stereocenters. The fraction of sp³-hybridized carbons (Fsp3) is 0. The van der Waals surface area contributed by atoms with Gasteiger partial charge in [0.2, 0.25) is 0 Å². The van der Waals surface area contributed by atoms with Crippen LogP contribution >= 0.6 is 24.0 Å². The van der Waals surface area contributed by atoms with Crippen molar-refractivity contribution < 1.29 is 0 Å². The van der Waals surface area contributed by atoms with Crippen LogP contribution in [0, 0.1) is 0 Å². The molecular formula is C14H10N2S2. The van der Waals surface area contributed by atoms with Crippen molar-refractivity contribution in [2.45, 2.75) is 0 Å². The van der Waals surface area contributed by atoms with E-state index in [0.717, 1.165) is 20.6 Å². The molecule has 0 fully saturated rings. The van der Waals surface area contributed by atoms with Gasteiger partial charge in [0.25, 0.3) is 0 Å². The number of anilines is 1. The molecule has 0 amide bonds. The highest BCUT2D eigenvalue weighted by Crippen LogP contribution is 2.39. The maximum atomic E-state index is 5.27. The van der Waals surface area contributed by atoms with Crippen LogP contribution < -0.4 is 5.32 Å². The molecule has 1 N–H and O–H groups in total. The zero-order chi connectivity index (χ0) is 12.4. The summed E-state index contributed by atoms with van der Waals surface area (Å²) in [5.41, 5.74) is 3.17. The predicted octanol–water partition coefficient (Wildman–Crippen LogP) is 4.02. The summed E-state index contributed by atoms with van der Waals surface area (Å²) < 4.78 is 0.774. The Morgan fingerprint density at radius 2 is 1.94 bits per heavy atom. The van der Waals surface area contributed by atoms with Crippen molar-refractivity contribution in [2.24, 2.45) is 0 Å². The van der Waals surface area contributed by atoms with E-state index < -0.39 is 0 Å². The molecule has 0 radical (unpaired) electrons. The van der Waals surface area contributed by atoms with Crippen molar-refractivity contribution >= 4 is 45.0 Å². The molecule has 0 saturated carbocycles. The SMILES string of the molecule is S=C1Nc2ccccc2/C(=C/c2ccccn2)S1. The minimum absolute atomic E-state index is 0.774. The van der Waals surface area contributed by atoms with Gasteiger partial charge in [-0.05, 0) is 24.3 Å². The number of thioether (sulfide) groups is 1. The number of pyridine rings is 1. The van der Waals surface area contributed by atoms with Crippen molar-refractivity contribution in [3.05, 3.63) is 59.9 Å². The molecule has 1 aliphatic heterocycles. The molecule has 0 saturated heterocycles. The molecule has 2 aromatic rings. The number of aromatic nitrogens is 1. The first-order valence-corrected chi connectivity index (χ1v) is 6.76. The van der Waals surface area contributed by atoms with E-state index in [1.165, 1.54) is 5.56 Å². The van der Waals surface area contributed by atoms with Gasteiger partial charge in [0.1, 0.15) is 4.32 Å². The summed E-state index contributed by atoms with van der Waals surface area (Å²) in [5, 5.41) is 3.21. The Balaban J connectivity index is 2.08. The maximum Gasteiger partial charge on any atom is 0.143 e. The molecule has 2 heterocycles. The molecule has 2 nitrogen and oxygen atoms in total. The van der Waals surface area contributed by atoms with Gasteiger partial charge in [0.05, 0.1) is 5.69 Å². The third-order valence-electron chi connectivity index (χ3n) is 2.60. The topological polar surface area (TPSA) is 24.9 Å². The lowest BCUT2D eigenvalue weighted by Crippen LogP contribution is -2.11. The smallest absolute Gasteiger partial charge is 0.143 e. The van der Waals surface area contributed by atoms with Gasteiger partial charge in [0.15, 0.2) is 0 Å². The summed E-state index contributed by atoms with van der Waals surface area (Å²) in [6, 6.07) is 14.0. The summed E-state index contributed by atoms with van der Waals surface area (Å²) >= 11 is 6.83. The summed E-state index contributed by atoms with van der Waals surface area (Å²) in [6.07, 6.45) is 3.86.